The summed E-state index contributed by atoms with van der Waals surface area (Å²) in [5.41, 5.74) is 8.52. The molecular weight excluding hydrogens is 334 g/mol. The Morgan fingerprint density at radius 2 is 1.76 bits per heavy atom. The maximum Gasteiger partial charge on any atom is 0.185 e. The largest absolute Gasteiger partial charge is 0.399 e. The zero-order chi connectivity index (χ0) is 17.6. The molecule has 5 heteroatoms. The van der Waals surface area contributed by atoms with E-state index in [1.807, 2.05) is 24.3 Å². The van der Waals surface area contributed by atoms with Crippen molar-refractivity contribution >= 4 is 40.7 Å². The molecular formula is C20H16ClN3O. The number of anilines is 3. The van der Waals surface area contributed by atoms with E-state index in [4.69, 9.17) is 17.3 Å². The van der Waals surface area contributed by atoms with E-state index in [1.165, 1.54) is 6.08 Å². The average molecular weight is 350 g/mol. The smallest absolute Gasteiger partial charge is 0.185 e. The van der Waals surface area contributed by atoms with Crippen molar-refractivity contribution in [2.75, 3.05) is 11.1 Å². The van der Waals surface area contributed by atoms with Crippen LogP contribution in [-0.2, 0) is 0 Å². The number of hydrogen-bond acceptors (Lipinski definition) is 4. The van der Waals surface area contributed by atoms with E-state index < -0.39 is 0 Å². The lowest BCUT2D eigenvalue weighted by molar-refractivity contribution is 0.104. The molecule has 0 radical (unpaired) electrons. The first kappa shape index (κ1) is 16.7. The Morgan fingerprint density at radius 1 is 1.04 bits per heavy atom. The molecule has 0 atom stereocenters. The number of allylic oxidation sites excluding steroid dienone is 1. The number of nitrogens with one attached hydrogen (secondary N) is 1. The van der Waals surface area contributed by atoms with Crippen molar-refractivity contribution in [3.8, 4) is 0 Å². The van der Waals surface area contributed by atoms with Gasteiger partial charge in [-0.3, -0.25) is 4.79 Å². The normalized spacial score (nSPS) is 10.8. The number of carbonyl (C=O) groups is 1. The number of rotatable bonds is 5. The monoisotopic (exact) mass is 349 g/mol. The minimum Gasteiger partial charge on any atom is -0.399 e. The highest BCUT2D eigenvalue weighted by molar-refractivity contribution is 6.30. The summed E-state index contributed by atoms with van der Waals surface area (Å²) >= 11 is 5.90. The Labute approximate surface area is 151 Å². The molecule has 3 aromatic rings. The predicted molar refractivity (Wildman–Crippen MR) is 103 cm³/mol. The van der Waals surface area contributed by atoms with Crippen molar-refractivity contribution < 1.29 is 4.79 Å². The van der Waals surface area contributed by atoms with Crippen LogP contribution in [0.1, 0.15) is 15.9 Å². The Balaban J connectivity index is 1.79. The highest BCUT2D eigenvalue weighted by Crippen LogP contribution is 2.21. The van der Waals surface area contributed by atoms with Gasteiger partial charge in [0.05, 0.1) is 0 Å². The number of hydrogen-bond donors (Lipinski definition) is 2. The third kappa shape index (κ3) is 4.46. The zero-order valence-corrected chi connectivity index (χ0v) is 14.1. The van der Waals surface area contributed by atoms with Gasteiger partial charge in [0.25, 0.3) is 0 Å². The summed E-state index contributed by atoms with van der Waals surface area (Å²) in [7, 11) is 0. The van der Waals surface area contributed by atoms with Crippen molar-refractivity contribution in [3.63, 3.8) is 0 Å². The number of nitrogen functional groups attached to an aromatic ring is 1. The van der Waals surface area contributed by atoms with E-state index in [-0.39, 0.29) is 5.78 Å². The number of nitrogens with two attached hydrogens (primary N) is 1. The number of aromatic nitrogens is 1. The second-order valence-electron chi connectivity index (χ2n) is 5.39. The van der Waals surface area contributed by atoms with Gasteiger partial charge >= 0.3 is 0 Å². The highest BCUT2D eigenvalue weighted by atomic mass is 35.5. The minimum absolute atomic E-state index is 0.0960. The van der Waals surface area contributed by atoms with Crippen LogP contribution in [0.3, 0.4) is 0 Å². The predicted octanol–water partition coefficient (Wildman–Crippen LogP) is 4.96. The van der Waals surface area contributed by atoms with E-state index in [0.29, 0.717) is 22.1 Å². The summed E-state index contributed by atoms with van der Waals surface area (Å²) in [6, 6.07) is 17.9. The van der Waals surface area contributed by atoms with Crippen molar-refractivity contribution in [1.29, 1.82) is 0 Å². The van der Waals surface area contributed by atoms with Gasteiger partial charge in [-0.15, -0.1) is 0 Å². The molecule has 0 spiro atoms. The third-order valence-corrected chi connectivity index (χ3v) is 3.81. The molecule has 0 bridgehead atoms. The quantitative estimate of drug-likeness (QED) is 0.388. The van der Waals surface area contributed by atoms with Crippen LogP contribution in [0.4, 0.5) is 17.2 Å². The van der Waals surface area contributed by atoms with E-state index in [9.17, 15) is 4.79 Å². The van der Waals surface area contributed by atoms with Crippen LogP contribution in [0, 0.1) is 0 Å². The number of pyridine rings is 1. The molecule has 2 aromatic carbocycles. The van der Waals surface area contributed by atoms with E-state index in [1.54, 1.807) is 48.7 Å². The Hall–Kier alpha value is -3.11. The van der Waals surface area contributed by atoms with Crippen molar-refractivity contribution in [2.45, 2.75) is 0 Å². The van der Waals surface area contributed by atoms with Crippen LogP contribution < -0.4 is 11.1 Å². The molecule has 0 aliphatic heterocycles. The second kappa shape index (κ2) is 7.64. The molecule has 0 aliphatic carbocycles. The summed E-state index contributed by atoms with van der Waals surface area (Å²) in [4.78, 5) is 16.6. The second-order valence-corrected chi connectivity index (χ2v) is 5.83. The van der Waals surface area contributed by atoms with Gasteiger partial charge in [0, 0.05) is 33.7 Å². The summed E-state index contributed by atoms with van der Waals surface area (Å²) in [6.07, 6.45) is 4.96. The lowest BCUT2D eigenvalue weighted by Gasteiger charge is -2.08. The third-order valence-electron chi connectivity index (χ3n) is 3.56. The van der Waals surface area contributed by atoms with Gasteiger partial charge < -0.3 is 11.1 Å². The first-order chi connectivity index (χ1) is 12.1. The molecule has 0 amide bonds. The lowest BCUT2D eigenvalue weighted by Crippen LogP contribution is -1.97. The minimum atomic E-state index is -0.0960. The molecule has 0 saturated carbocycles. The van der Waals surface area contributed by atoms with Gasteiger partial charge in [0.15, 0.2) is 5.78 Å². The number of benzene rings is 2. The number of nitrogens with zero attached hydrogens (tertiary/aromatic N) is 1. The number of carbonyl (C=O) groups excluding carboxylic acids is 1. The Morgan fingerprint density at radius 3 is 2.48 bits per heavy atom. The highest BCUT2D eigenvalue weighted by Gasteiger charge is 2.04. The molecule has 1 aromatic heterocycles. The van der Waals surface area contributed by atoms with Crippen LogP contribution >= 0.6 is 11.6 Å². The van der Waals surface area contributed by atoms with Gasteiger partial charge in [-0.1, -0.05) is 11.6 Å². The van der Waals surface area contributed by atoms with E-state index in [2.05, 4.69) is 10.3 Å². The summed E-state index contributed by atoms with van der Waals surface area (Å²) in [5.74, 6) is 0.562. The zero-order valence-electron chi connectivity index (χ0n) is 13.3. The fourth-order valence-corrected chi connectivity index (χ4v) is 2.36. The van der Waals surface area contributed by atoms with Gasteiger partial charge in [0.1, 0.15) is 5.82 Å². The van der Waals surface area contributed by atoms with Crippen LogP contribution in [0.15, 0.2) is 72.9 Å². The Bertz CT molecular complexity index is 903. The van der Waals surface area contributed by atoms with Gasteiger partial charge in [-0.05, 0) is 72.8 Å². The van der Waals surface area contributed by atoms with Crippen molar-refractivity contribution in [2.24, 2.45) is 0 Å². The van der Waals surface area contributed by atoms with Crippen LogP contribution in [-0.4, -0.2) is 10.8 Å². The van der Waals surface area contributed by atoms with E-state index >= 15 is 0 Å². The molecule has 0 fully saturated rings. The van der Waals surface area contributed by atoms with E-state index in [0.717, 1.165) is 11.3 Å². The van der Waals surface area contributed by atoms with Gasteiger partial charge in [-0.2, -0.15) is 0 Å². The van der Waals surface area contributed by atoms with Crippen molar-refractivity contribution in [1.82, 2.24) is 4.98 Å². The maximum absolute atomic E-state index is 12.3. The summed E-state index contributed by atoms with van der Waals surface area (Å²) < 4.78 is 0. The molecule has 25 heavy (non-hydrogen) atoms. The molecule has 1 heterocycles. The van der Waals surface area contributed by atoms with Gasteiger partial charge in [-0.25, -0.2) is 4.98 Å². The molecule has 0 aliphatic rings. The van der Waals surface area contributed by atoms with Crippen molar-refractivity contribution in [3.05, 3.63) is 89.1 Å². The molecule has 0 saturated heterocycles. The van der Waals surface area contributed by atoms with Gasteiger partial charge in [0.2, 0.25) is 0 Å². The summed E-state index contributed by atoms with van der Waals surface area (Å²) in [6.45, 7) is 0. The van der Waals surface area contributed by atoms with Crippen LogP contribution in [0.5, 0.6) is 0 Å². The Kier molecular flexibility index (Phi) is 5.11. The average Bonchev–Trinajstić information content (AvgIpc) is 2.63. The summed E-state index contributed by atoms with van der Waals surface area (Å²) in [5, 5.41) is 3.89. The molecule has 4 nitrogen and oxygen atoms in total. The fraction of sp³-hybridized carbons (Fsp3) is 0. The molecule has 124 valence electrons. The molecule has 0 unspecified atom stereocenters. The lowest BCUT2D eigenvalue weighted by atomic mass is 10.1. The first-order valence-electron chi connectivity index (χ1n) is 7.67. The number of halogens is 1. The standard InChI is InChI=1S/C20H16ClN3O/c21-16-6-10-18(11-7-16)24-20-15(2-1-13-23-20)5-12-19(25)14-3-8-17(22)9-4-14/h1-13H,22H2,(H,23,24)/b12-5+. The fourth-order valence-electron chi connectivity index (χ4n) is 2.24. The maximum atomic E-state index is 12.3. The topological polar surface area (TPSA) is 68.0 Å². The van der Waals surface area contributed by atoms with Crippen LogP contribution in [0.25, 0.3) is 6.08 Å². The number of ketones is 1. The molecule has 3 rings (SSSR count). The SMILES string of the molecule is Nc1ccc(C(=O)/C=C/c2cccnc2Nc2ccc(Cl)cc2)cc1. The van der Waals surface area contributed by atoms with Crippen LogP contribution in [0.2, 0.25) is 5.02 Å². The molecule has 3 N–H and O–H groups in total. The first-order valence-corrected chi connectivity index (χ1v) is 8.05.